The maximum atomic E-state index is 5.60. The SMILES string of the molecule is CCOc1nc(N)nc(NC(C)c2ccc(C)o2)n1. The Morgan fingerprint density at radius 1 is 1.37 bits per heavy atom. The monoisotopic (exact) mass is 263 g/mol. The maximum absolute atomic E-state index is 5.60. The summed E-state index contributed by atoms with van der Waals surface area (Å²) in [5.41, 5.74) is 5.60. The van der Waals surface area contributed by atoms with Crippen LogP contribution in [-0.4, -0.2) is 21.6 Å². The van der Waals surface area contributed by atoms with E-state index in [1.165, 1.54) is 0 Å². The van der Waals surface area contributed by atoms with Gasteiger partial charge in [-0.15, -0.1) is 0 Å². The zero-order valence-electron chi connectivity index (χ0n) is 11.2. The topological polar surface area (TPSA) is 99.1 Å². The van der Waals surface area contributed by atoms with Crippen LogP contribution in [0.3, 0.4) is 0 Å². The van der Waals surface area contributed by atoms with Gasteiger partial charge in [0.05, 0.1) is 12.6 Å². The van der Waals surface area contributed by atoms with Crippen molar-refractivity contribution in [2.45, 2.75) is 26.8 Å². The largest absolute Gasteiger partial charge is 0.464 e. The van der Waals surface area contributed by atoms with Gasteiger partial charge in [-0.3, -0.25) is 0 Å². The lowest BCUT2D eigenvalue weighted by Crippen LogP contribution is -2.12. The van der Waals surface area contributed by atoms with Crippen LogP contribution in [-0.2, 0) is 0 Å². The highest BCUT2D eigenvalue weighted by molar-refractivity contribution is 5.34. The van der Waals surface area contributed by atoms with Crippen LogP contribution in [0.4, 0.5) is 11.9 Å². The molecule has 0 saturated carbocycles. The molecule has 7 heteroatoms. The molecular formula is C12H17N5O2. The lowest BCUT2D eigenvalue weighted by Gasteiger charge is -2.12. The number of ether oxygens (including phenoxy) is 1. The standard InChI is InChI=1S/C12H17N5O2/c1-4-18-12-16-10(13)15-11(17-12)14-8(3)9-6-5-7(2)19-9/h5-6,8H,4H2,1-3H3,(H3,13,14,15,16,17). The maximum Gasteiger partial charge on any atom is 0.323 e. The molecule has 0 saturated heterocycles. The number of rotatable bonds is 5. The Balaban J connectivity index is 2.14. The Morgan fingerprint density at radius 2 is 2.16 bits per heavy atom. The minimum absolute atomic E-state index is 0.0787. The van der Waals surface area contributed by atoms with Gasteiger partial charge in [-0.05, 0) is 32.9 Å². The summed E-state index contributed by atoms with van der Waals surface area (Å²) >= 11 is 0. The molecule has 0 radical (unpaired) electrons. The Hall–Kier alpha value is -2.31. The lowest BCUT2D eigenvalue weighted by atomic mass is 10.2. The first-order chi connectivity index (χ1) is 9.08. The van der Waals surface area contributed by atoms with Crippen molar-refractivity contribution in [3.8, 4) is 6.01 Å². The predicted octanol–water partition coefficient (Wildman–Crippen LogP) is 1.93. The normalized spacial score (nSPS) is 12.2. The Bertz CT molecular complexity index is 555. The zero-order valence-corrected chi connectivity index (χ0v) is 11.2. The first kappa shape index (κ1) is 13.1. The fraction of sp³-hybridized carbons (Fsp3) is 0.417. The van der Waals surface area contributed by atoms with Crippen molar-refractivity contribution in [3.63, 3.8) is 0 Å². The summed E-state index contributed by atoms with van der Waals surface area (Å²) in [6, 6.07) is 3.94. The van der Waals surface area contributed by atoms with Crippen LogP contribution < -0.4 is 15.8 Å². The molecule has 2 rings (SSSR count). The molecule has 0 aromatic carbocycles. The molecule has 1 unspecified atom stereocenters. The molecule has 2 heterocycles. The molecule has 0 amide bonds. The molecule has 2 aromatic heterocycles. The number of aryl methyl sites for hydroxylation is 1. The van der Waals surface area contributed by atoms with Gasteiger partial charge >= 0.3 is 6.01 Å². The van der Waals surface area contributed by atoms with Gasteiger partial charge in [0.2, 0.25) is 11.9 Å². The number of nitrogen functional groups attached to an aromatic ring is 1. The zero-order chi connectivity index (χ0) is 13.8. The highest BCUT2D eigenvalue weighted by Gasteiger charge is 2.12. The van der Waals surface area contributed by atoms with Crippen molar-refractivity contribution in [1.82, 2.24) is 15.0 Å². The second kappa shape index (κ2) is 5.55. The molecule has 0 aliphatic rings. The summed E-state index contributed by atoms with van der Waals surface area (Å²) in [7, 11) is 0. The number of nitrogens with one attached hydrogen (secondary N) is 1. The molecule has 1 atom stereocenters. The van der Waals surface area contributed by atoms with E-state index in [1.807, 2.05) is 32.9 Å². The second-order valence-corrected chi connectivity index (χ2v) is 4.05. The molecule has 7 nitrogen and oxygen atoms in total. The molecule has 2 aromatic rings. The van der Waals surface area contributed by atoms with Crippen molar-refractivity contribution >= 4 is 11.9 Å². The first-order valence-corrected chi connectivity index (χ1v) is 6.05. The summed E-state index contributed by atoms with van der Waals surface area (Å²) in [4.78, 5) is 12.0. The van der Waals surface area contributed by atoms with Crippen molar-refractivity contribution < 1.29 is 9.15 Å². The number of hydrogen-bond donors (Lipinski definition) is 2. The van der Waals surface area contributed by atoms with Crippen LogP contribution in [0, 0.1) is 6.92 Å². The van der Waals surface area contributed by atoms with Crippen LogP contribution in [0.1, 0.15) is 31.4 Å². The Labute approximate surface area is 111 Å². The number of nitrogens with two attached hydrogens (primary N) is 1. The average Bonchev–Trinajstić information content (AvgIpc) is 2.75. The molecule has 19 heavy (non-hydrogen) atoms. The number of nitrogens with zero attached hydrogens (tertiary/aromatic N) is 3. The van der Waals surface area contributed by atoms with Crippen molar-refractivity contribution in [3.05, 3.63) is 23.7 Å². The van der Waals surface area contributed by atoms with E-state index in [2.05, 4.69) is 20.3 Å². The van der Waals surface area contributed by atoms with Gasteiger partial charge in [0, 0.05) is 0 Å². The van der Waals surface area contributed by atoms with Crippen LogP contribution in [0.15, 0.2) is 16.5 Å². The third-order valence-electron chi connectivity index (χ3n) is 2.44. The van der Waals surface area contributed by atoms with Gasteiger partial charge in [0.1, 0.15) is 11.5 Å². The van der Waals surface area contributed by atoms with E-state index in [0.717, 1.165) is 11.5 Å². The molecule has 102 valence electrons. The number of hydrogen-bond acceptors (Lipinski definition) is 7. The minimum atomic E-state index is -0.0787. The summed E-state index contributed by atoms with van der Waals surface area (Å²) in [5.74, 6) is 2.13. The summed E-state index contributed by atoms with van der Waals surface area (Å²) in [6.45, 7) is 6.15. The smallest absolute Gasteiger partial charge is 0.323 e. The number of anilines is 2. The van der Waals surface area contributed by atoms with Crippen molar-refractivity contribution in [2.24, 2.45) is 0 Å². The highest BCUT2D eigenvalue weighted by Crippen LogP contribution is 2.20. The van der Waals surface area contributed by atoms with Gasteiger partial charge in [0.15, 0.2) is 0 Å². The highest BCUT2D eigenvalue weighted by atomic mass is 16.5. The van der Waals surface area contributed by atoms with Crippen LogP contribution in [0.2, 0.25) is 0 Å². The second-order valence-electron chi connectivity index (χ2n) is 4.05. The van der Waals surface area contributed by atoms with Crippen molar-refractivity contribution in [2.75, 3.05) is 17.7 Å². The molecule has 0 fully saturated rings. The molecule has 0 aliphatic carbocycles. The molecular weight excluding hydrogens is 246 g/mol. The predicted molar refractivity (Wildman–Crippen MR) is 70.9 cm³/mol. The van der Waals surface area contributed by atoms with E-state index in [1.54, 1.807) is 0 Å². The fourth-order valence-electron chi connectivity index (χ4n) is 1.58. The Kier molecular flexibility index (Phi) is 3.84. The summed E-state index contributed by atoms with van der Waals surface area (Å²) in [5, 5.41) is 3.10. The number of furan rings is 1. The van der Waals surface area contributed by atoms with E-state index in [-0.39, 0.29) is 18.0 Å². The van der Waals surface area contributed by atoms with Crippen molar-refractivity contribution in [1.29, 1.82) is 0 Å². The van der Waals surface area contributed by atoms with Gasteiger partial charge < -0.3 is 20.2 Å². The summed E-state index contributed by atoms with van der Waals surface area (Å²) in [6.07, 6.45) is 0. The molecule has 0 bridgehead atoms. The van der Waals surface area contributed by atoms with Gasteiger partial charge in [0.25, 0.3) is 0 Å². The quantitative estimate of drug-likeness (QED) is 0.850. The summed E-state index contributed by atoms with van der Waals surface area (Å²) < 4.78 is 10.7. The number of aromatic nitrogens is 3. The average molecular weight is 263 g/mol. The van der Waals surface area contributed by atoms with Crippen LogP contribution >= 0.6 is 0 Å². The van der Waals surface area contributed by atoms with Crippen LogP contribution in [0.25, 0.3) is 0 Å². The van der Waals surface area contributed by atoms with Gasteiger partial charge in [-0.2, -0.15) is 15.0 Å². The van der Waals surface area contributed by atoms with Gasteiger partial charge in [-0.1, -0.05) is 0 Å². The molecule has 0 aliphatic heterocycles. The third-order valence-corrected chi connectivity index (χ3v) is 2.44. The first-order valence-electron chi connectivity index (χ1n) is 6.05. The van der Waals surface area contributed by atoms with E-state index < -0.39 is 0 Å². The van der Waals surface area contributed by atoms with E-state index in [0.29, 0.717) is 12.6 Å². The van der Waals surface area contributed by atoms with Crippen LogP contribution in [0.5, 0.6) is 6.01 Å². The Morgan fingerprint density at radius 3 is 2.79 bits per heavy atom. The van der Waals surface area contributed by atoms with E-state index >= 15 is 0 Å². The molecule has 3 N–H and O–H groups in total. The lowest BCUT2D eigenvalue weighted by molar-refractivity contribution is 0.312. The van der Waals surface area contributed by atoms with E-state index in [9.17, 15) is 0 Å². The van der Waals surface area contributed by atoms with Gasteiger partial charge in [-0.25, -0.2) is 0 Å². The fourth-order valence-corrected chi connectivity index (χ4v) is 1.58. The van der Waals surface area contributed by atoms with E-state index in [4.69, 9.17) is 14.9 Å². The molecule has 0 spiro atoms. The minimum Gasteiger partial charge on any atom is -0.464 e. The third kappa shape index (κ3) is 3.34.